The molecule has 1 fully saturated rings. The largest absolute Gasteiger partial charge is 0.351 e. The van der Waals surface area contributed by atoms with E-state index in [9.17, 15) is 4.79 Å². The molecule has 92 valence electrons. The van der Waals surface area contributed by atoms with Crippen LogP contribution >= 0.6 is 0 Å². The Morgan fingerprint density at radius 1 is 1.35 bits per heavy atom. The average molecular weight is 233 g/mol. The number of benzene rings is 1. The second-order valence-corrected chi connectivity index (χ2v) is 4.39. The molecule has 1 aliphatic heterocycles. The van der Waals surface area contributed by atoms with Crippen molar-refractivity contribution in [3.05, 3.63) is 35.4 Å². The molecule has 1 atom stereocenters. The van der Waals surface area contributed by atoms with E-state index in [-0.39, 0.29) is 11.9 Å². The Labute approximate surface area is 102 Å². The molecule has 1 heterocycles. The molecular weight excluding hydrogens is 214 g/mol. The summed E-state index contributed by atoms with van der Waals surface area (Å²) < 4.78 is 0. The summed E-state index contributed by atoms with van der Waals surface area (Å²) in [6.45, 7) is 2.09. The SMILES string of the molecule is NCc1ccc(CNC(=O)C2CCCN2)cc1. The topological polar surface area (TPSA) is 67.1 Å². The molecule has 1 saturated heterocycles. The van der Waals surface area contributed by atoms with Gasteiger partial charge in [-0.05, 0) is 30.5 Å². The molecule has 17 heavy (non-hydrogen) atoms. The zero-order valence-corrected chi connectivity index (χ0v) is 9.91. The molecule has 1 aromatic carbocycles. The summed E-state index contributed by atoms with van der Waals surface area (Å²) in [6.07, 6.45) is 2.03. The Balaban J connectivity index is 1.82. The minimum absolute atomic E-state index is 0.00156. The Morgan fingerprint density at radius 3 is 2.65 bits per heavy atom. The highest BCUT2D eigenvalue weighted by atomic mass is 16.2. The van der Waals surface area contributed by atoms with Crippen molar-refractivity contribution < 1.29 is 4.79 Å². The zero-order valence-electron chi connectivity index (χ0n) is 9.91. The van der Waals surface area contributed by atoms with E-state index in [0.29, 0.717) is 13.1 Å². The van der Waals surface area contributed by atoms with Gasteiger partial charge in [-0.15, -0.1) is 0 Å². The fourth-order valence-electron chi connectivity index (χ4n) is 2.01. The highest BCUT2D eigenvalue weighted by Crippen LogP contribution is 2.06. The second kappa shape index (κ2) is 5.80. The van der Waals surface area contributed by atoms with Gasteiger partial charge in [-0.1, -0.05) is 24.3 Å². The van der Waals surface area contributed by atoms with E-state index in [4.69, 9.17) is 5.73 Å². The molecule has 0 aliphatic carbocycles. The van der Waals surface area contributed by atoms with Crippen LogP contribution < -0.4 is 16.4 Å². The van der Waals surface area contributed by atoms with Crippen LogP contribution in [0.2, 0.25) is 0 Å². The molecule has 0 bridgehead atoms. The summed E-state index contributed by atoms with van der Waals surface area (Å²) in [5, 5.41) is 6.13. The number of amides is 1. The summed E-state index contributed by atoms with van der Waals surface area (Å²) in [7, 11) is 0. The fraction of sp³-hybridized carbons (Fsp3) is 0.462. The molecular formula is C13H19N3O. The van der Waals surface area contributed by atoms with E-state index in [1.807, 2.05) is 24.3 Å². The van der Waals surface area contributed by atoms with Gasteiger partial charge in [0.15, 0.2) is 0 Å². The van der Waals surface area contributed by atoms with Gasteiger partial charge >= 0.3 is 0 Å². The number of nitrogens with one attached hydrogen (secondary N) is 2. The molecule has 1 aliphatic rings. The standard InChI is InChI=1S/C13H19N3O/c14-8-10-3-5-11(6-4-10)9-16-13(17)12-2-1-7-15-12/h3-6,12,15H,1-2,7-9,14H2,(H,16,17). The van der Waals surface area contributed by atoms with Crippen molar-refractivity contribution in [2.45, 2.75) is 32.0 Å². The van der Waals surface area contributed by atoms with E-state index < -0.39 is 0 Å². The van der Waals surface area contributed by atoms with Crippen molar-refractivity contribution in [1.82, 2.24) is 10.6 Å². The Morgan fingerprint density at radius 2 is 2.06 bits per heavy atom. The summed E-state index contributed by atoms with van der Waals surface area (Å²) in [5.74, 6) is 0.102. The molecule has 0 aromatic heterocycles. The van der Waals surface area contributed by atoms with Crippen LogP contribution in [0.25, 0.3) is 0 Å². The van der Waals surface area contributed by atoms with E-state index in [0.717, 1.165) is 30.5 Å². The summed E-state index contributed by atoms with van der Waals surface area (Å²) in [5.41, 5.74) is 7.74. The minimum atomic E-state index is -0.00156. The quantitative estimate of drug-likeness (QED) is 0.710. The maximum Gasteiger partial charge on any atom is 0.237 e. The van der Waals surface area contributed by atoms with Gasteiger partial charge in [0.1, 0.15) is 0 Å². The van der Waals surface area contributed by atoms with Crippen LogP contribution in [-0.2, 0) is 17.9 Å². The van der Waals surface area contributed by atoms with E-state index in [2.05, 4.69) is 10.6 Å². The molecule has 4 heteroatoms. The number of rotatable bonds is 4. The number of carbonyl (C=O) groups is 1. The number of hydrogen-bond donors (Lipinski definition) is 3. The predicted molar refractivity (Wildman–Crippen MR) is 67.2 cm³/mol. The Hall–Kier alpha value is -1.39. The molecule has 1 aromatic rings. The Bertz CT molecular complexity index is 369. The molecule has 0 spiro atoms. The summed E-state index contributed by atoms with van der Waals surface area (Å²) >= 11 is 0. The van der Waals surface area contributed by atoms with Crippen molar-refractivity contribution >= 4 is 5.91 Å². The number of carbonyl (C=O) groups excluding carboxylic acids is 1. The number of hydrogen-bond acceptors (Lipinski definition) is 3. The average Bonchev–Trinajstić information content (AvgIpc) is 2.90. The third-order valence-electron chi connectivity index (χ3n) is 3.10. The normalized spacial score (nSPS) is 19.2. The highest BCUT2D eigenvalue weighted by Gasteiger charge is 2.21. The van der Waals surface area contributed by atoms with Gasteiger partial charge in [0.2, 0.25) is 5.91 Å². The van der Waals surface area contributed by atoms with Gasteiger partial charge in [-0.3, -0.25) is 4.79 Å². The van der Waals surface area contributed by atoms with Gasteiger partial charge in [0.05, 0.1) is 6.04 Å². The molecule has 1 unspecified atom stereocenters. The smallest absolute Gasteiger partial charge is 0.237 e. The molecule has 0 saturated carbocycles. The fourth-order valence-corrected chi connectivity index (χ4v) is 2.01. The van der Waals surface area contributed by atoms with Gasteiger partial charge in [0.25, 0.3) is 0 Å². The molecule has 2 rings (SSSR count). The Kier molecular flexibility index (Phi) is 4.12. The lowest BCUT2D eigenvalue weighted by Gasteiger charge is -2.11. The van der Waals surface area contributed by atoms with Gasteiger partial charge in [-0.25, -0.2) is 0 Å². The molecule has 1 amide bonds. The lowest BCUT2D eigenvalue weighted by atomic mass is 10.1. The maximum atomic E-state index is 11.7. The monoisotopic (exact) mass is 233 g/mol. The van der Waals surface area contributed by atoms with E-state index >= 15 is 0 Å². The first kappa shape index (κ1) is 12.1. The van der Waals surface area contributed by atoms with Crippen molar-refractivity contribution in [3.8, 4) is 0 Å². The van der Waals surface area contributed by atoms with Gasteiger partial charge in [-0.2, -0.15) is 0 Å². The lowest BCUT2D eigenvalue weighted by Crippen LogP contribution is -2.39. The third-order valence-corrected chi connectivity index (χ3v) is 3.10. The van der Waals surface area contributed by atoms with Crippen LogP contribution in [0.1, 0.15) is 24.0 Å². The van der Waals surface area contributed by atoms with Crippen LogP contribution in [-0.4, -0.2) is 18.5 Å². The van der Waals surface area contributed by atoms with Crippen LogP contribution in [0, 0.1) is 0 Å². The number of nitrogens with two attached hydrogens (primary N) is 1. The van der Waals surface area contributed by atoms with Crippen molar-refractivity contribution in [1.29, 1.82) is 0 Å². The van der Waals surface area contributed by atoms with Crippen molar-refractivity contribution in [2.75, 3.05) is 6.54 Å². The first-order valence-electron chi connectivity index (χ1n) is 6.08. The highest BCUT2D eigenvalue weighted by molar-refractivity contribution is 5.81. The lowest BCUT2D eigenvalue weighted by molar-refractivity contribution is -0.122. The predicted octanol–water partition coefficient (Wildman–Crippen LogP) is 0.513. The van der Waals surface area contributed by atoms with Gasteiger partial charge < -0.3 is 16.4 Å². The minimum Gasteiger partial charge on any atom is -0.351 e. The van der Waals surface area contributed by atoms with Crippen LogP contribution in [0.5, 0.6) is 0 Å². The second-order valence-electron chi connectivity index (χ2n) is 4.39. The van der Waals surface area contributed by atoms with Gasteiger partial charge in [0, 0.05) is 13.1 Å². The molecule has 4 N–H and O–H groups in total. The van der Waals surface area contributed by atoms with E-state index in [1.54, 1.807) is 0 Å². The first-order valence-corrected chi connectivity index (χ1v) is 6.08. The summed E-state index contributed by atoms with van der Waals surface area (Å²) in [6, 6.07) is 8.00. The molecule has 0 radical (unpaired) electrons. The van der Waals surface area contributed by atoms with Crippen LogP contribution in [0.3, 0.4) is 0 Å². The van der Waals surface area contributed by atoms with Crippen LogP contribution in [0.15, 0.2) is 24.3 Å². The maximum absolute atomic E-state index is 11.7. The van der Waals surface area contributed by atoms with Crippen molar-refractivity contribution in [2.24, 2.45) is 5.73 Å². The zero-order chi connectivity index (χ0) is 12.1. The summed E-state index contributed by atoms with van der Waals surface area (Å²) in [4.78, 5) is 11.7. The third kappa shape index (κ3) is 3.28. The van der Waals surface area contributed by atoms with Crippen molar-refractivity contribution in [3.63, 3.8) is 0 Å². The first-order chi connectivity index (χ1) is 8.29. The molecule has 4 nitrogen and oxygen atoms in total. The van der Waals surface area contributed by atoms with Crippen LogP contribution in [0.4, 0.5) is 0 Å². The van der Waals surface area contributed by atoms with E-state index in [1.165, 1.54) is 0 Å².